The number of thiophene rings is 1. The maximum absolute atomic E-state index is 5.73. The standard InChI is InChI=1S/C11H13N3OS/c1-7-4-16-5-8(7)9-13-10(15-14-9)11(6-12)2-3-11/h4-5H,2-3,6,12H2,1H3. The van der Waals surface area contributed by atoms with Gasteiger partial charge < -0.3 is 10.3 Å². The van der Waals surface area contributed by atoms with E-state index in [-0.39, 0.29) is 5.41 Å². The highest BCUT2D eigenvalue weighted by Gasteiger charge is 2.48. The van der Waals surface area contributed by atoms with Crippen molar-refractivity contribution in [1.82, 2.24) is 10.1 Å². The van der Waals surface area contributed by atoms with Crippen LogP contribution in [-0.4, -0.2) is 16.7 Å². The van der Waals surface area contributed by atoms with Crippen LogP contribution >= 0.6 is 11.3 Å². The first-order valence-electron chi connectivity index (χ1n) is 5.33. The smallest absolute Gasteiger partial charge is 0.234 e. The fourth-order valence-corrected chi connectivity index (χ4v) is 2.62. The van der Waals surface area contributed by atoms with E-state index in [1.807, 2.05) is 5.38 Å². The molecule has 3 rings (SSSR count). The second kappa shape index (κ2) is 3.40. The van der Waals surface area contributed by atoms with Crippen molar-refractivity contribution in [2.45, 2.75) is 25.2 Å². The van der Waals surface area contributed by atoms with Crippen molar-refractivity contribution in [3.63, 3.8) is 0 Å². The van der Waals surface area contributed by atoms with Gasteiger partial charge in [0.1, 0.15) is 0 Å². The van der Waals surface area contributed by atoms with E-state index in [0.29, 0.717) is 18.3 Å². The molecular formula is C11H13N3OS. The molecule has 2 N–H and O–H groups in total. The van der Waals surface area contributed by atoms with Crippen molar-refractivity contribution in [1.29, 1.82) is 0 Å². The topological polar surface area (TPSA) is 64.9 Å². The third-order valence-electron chi connectivity index (χ3n) is 3.22. The van der Waals surface area contributed by atoms with Crippen molar-refractivity contribution in [3.8, 4) is 11.4 Å². The summed E-state index contributed by atoms with van der Waals surface area (Å²) < 4.78 is 5.33. The first-order valence-corrected chi connectivity index (χ1v) is 6.27. The average molecular weight is 235 g/mol. The molecule has 0 spiro atoms. The Morgan fingerprint density at radius 2 is 2.31 bits per heavy atom. The minimum Gasteiger partial charge on any atom is -0.338 e. The molecule has 2 heterocycles. The van der Waals surface area contributed by atoms with E-state index in [0.717, 1.165) is 18.4 Å². The van der Waals surface area contributed by atoms with Crippen LogP contribution in [0.15, 0.2) is 15.3 Å². The summed E-state index contributed by atoms with van der Waals surface area (Å²) in [6.07, 6.45) is 2.13. The lowest BCUT2D eigenvalue weighted by Crippen LogP contribution is -2.19. The SMILES string of the molecule is Cc1cscc1-c1noc(C2(CN)CC2)n1. The highest BCUT2D eigenvalue weighted by Crippen LogP contribution is 2.46. The largest absolute Gasteiger partial charge is 0.338 e. The summed E-state index contributed by atoms with van der Waals surface area (Å²) in [7, 11) is 0. The van der Waals surface area contributed by atoms with Crippen LogP contribution in [0, 0.1) is 6.92 Å². The van der Waals surface area contributed by atoms with E-state index < -0.39 is 0 Å². The number of hydrogen-bond donors (Lipinski definition) is 1. The van der Waals surface area contributed by atoms with E-state index in [1.165, 1.54) is 5.56 Å². The first kappa shape index (κ1) is 9.99. The summed E-state index contributed by atoms with van der Waals surface area (Å²) in [5, 5.41) is 8.17. The van der Waals surface area contributed by atoms with Gasteiger partial charge in [0.05, 0.1) is 5.41 Å². The number of rotatable bonds is 3. The molecule has 2 aromatic heterocycles. The van der Waals surface area contributed by atoms with Gasteiger partial charge >= 0.3 is 0 Å². The van der Waals surface area contributed by atoms with Crippen LogP contribution in [0.25, 0.3) is 11.4 Å². The molecule has 1 aliphatic rings. The third kappa shape index (κ3) is 1.39. The highest BCUT2D eigenvalue weighted by atomic mass is 32.1. The zero-order chi connectivity index (χ0) is 11.2. The van der Waals surface area contributed by atoms with Gasteiger partial charge in [0, 0.05) is 17.5 Å². The normalized spacial score (nSPS) is 17.6. The lowest BCUT2D eigenvalue weighted by molar-refractivity contribution is 0.347. The zero-order valence-electron chi connectivity index (χ0n) is 9.06. The molecule has 84 valence electrons. The Morgan fingerprint density at radius 1 is 1.50 bits per heavy atom. The average Bonchev–Trinajstić information content (AvgIpc) is 2.72. The first-order chi connectivity index (χ1) is 7.75. The van der Waals surface area contributed by atoms with Gasteiger partial charge in [-0.2, -0.15) is 16.3 Å². The fourth-order valence-electron chi connectivity index (χ4n) is 1.79. The Kier molecular flexibility index (Phi) is 2.12. The number of nitrogens with zero attached hydrogens (tertiary/aromatic N) is 2. The van der Waals surface area contributed by atoms with Gasteiger partial charge in [0.15, 0.2) is 0 Å². The molecular weight excluding hydrogens is 222 g/mol. The molecule has 0 atom stereocenters. The molecule has 5 heteroatoms. The maximum atomic E-state index is 5.73. The van der Waals surface area contributed by atoms with Crippen LogP contribution < -0.4 is 5.73 Å². The monoisotopic (exact) mass is 235 g/mol. The Morgan fingerprint density at radius 3 is 2.88 bits per heavy atom. The van der Waals surface area contributed by atoms with E-state index in [4.69, 9.17) is 10.3 Å². The summed E-state index contributed by atoms with van der Waals surface area (Å²) in [5.41, 5.74) is 7.97. The van der Waals surface area contributed by atoms with E-state index >= 15 is 0 Å². The van der Waals surface area contributed by atoms with Crippen LogP contribution in [0.4, 0.5) is 0 Å². The maximum Gasteiger partial charge on any atom is 0.234 e. The van der Waals surface area contributed by atoms with Crippen molar-refractivity contribution in [2.24, 2.45) is 5.73 Å². The molecule has 0 radical (unpaired) electrons. The van der Waals surface area contributed by atoms with Crippen molar-refractivity contribution >= 4 is 11.3 Å². The predicted molar refractivity (Wildman–Crippen MR) is 62.3 cm³/mol. The fraction of sp³-hybridized carbons (Fsp3) is 0.455. The number of aromatic nitrogens is 2. The molecule has 0 bridgehead atoms. The lowest BCUT2D eigenvalue weighted by Gasteiger charge is -2.03. The molecule has 2 aromatic rings. The van der Waals surface area contributed by atoms with Crippen molar-refractivity contribution in [3.05, 3.63) is 22.2 Å². The molecule has 0 amide bonds. The van der Waals surface area contributed by atoms with Crippen LogP contribution in [0.3, 0.4) is 0 Å². The summed E-state index contributed by atoms with van der Waals surface area (Å²) in [5.74, 6) is 1.39. The second-order valence-electron chi connectivity index (χ2n) is 4.38. The molecule has 0 unspecified atom stereocenters. The van der Waals surface area contributed by atoms with Crippen LogP contribution in [-0.2, 0) is 5.41 Å². The summed E-state index contributed by atoms with van der Waals surface area (Å²) >= 11 is 1.65. The molecule has 1 fully saturated rings. The minimum atomic E-state index is -0.0187. The van der Waals surface area contributed by atoms with E-state index in [2.05, 4.69) is 22.4 Å². The summed E-state index contributed by atoms with van der Waals surface area (Å²) in [6.45, 7) is 2.65. The van der Waals surface area contributed by atoms with Gasteiger partial charge in [-0.1, -0.05) is 5.16 Å². The van der Waals surface area contributed by atoms with Crippen LogP contribution in [0.2, 0.25) is 0 Å². The molecule has 4 nitrogen and oxygen atoms in total. The number of hydrogen-bond acceptors (Lipinski definition) is 5. The quantitative estimate of drug-likeness (QED) is 0.884. The summed E-state index contributed by atoms with van der Waals surface area (Å²) in [6, 6.07) is 0. The van der Waals surface area contributed by atoms with Gasteiger partial charge in [0.25, 0.3) is 0 Å². The van der Waals surface area contributed by atoms with Crippen molar-refractivity contribution < 1.29 is 4.52 Å². The number of nitrogens with two attached hydrogens (primary N) is 1. The van der Waals surface area contributed by atoms with Gasteiger partial charge in [-0.25, -0.2) is 0 Å². The van der Waals surface area contributed by atoms with Crippen LogP contribution in [0.1, 0.15) is 24.3 Å². The molecule has 0 saturated heterocycles. The minimum absolute atomic E-state index is 0.0187. The Balaban J connectivity index is 1.97. The number of aryl methyl sites for hydroxylation is 1. The van der Waals surface area contributed by atoms with Gasteiger partial charge in [-0.3, -0.25) is 0 Å². The van der Waals surface area contributed by atoms with Gasteiger partial charge in [0.2, 0.25) is 11.7 Å². The molecule has 0 aliphatic heterocycles. The molecule has 1 saturated carbocycles. The van der Waals surface area contributed by atoms with E-state index in [9.17, 15) is 0 Å². The summed E-state index contributed by atoms with van der Waals surface area (Å²) in [4.78, 5) is 4.47. The second-order valence-corrected chi connectivity index (χ2v) is 5.12. The van der Waals surface area contributed by atoms with Crippen LogP contribution in [0.5, 0.6) is 0 Å². The van der Waals surface area contributed by atoms with Gasteiger partial charge in [-0.15, -0.1) is 0 Å². The van der Waals surface area contributed by atoms with E-state index in [1.54, 1.807) is 11.3 Å². The van der Waals surface area contributed by atoms with Crippen molar-refractivity contribution in [2.75, 3.05) is 6.54 Å². The Labute approximate surface area is 97.5 Å². The molecule has 0 aromatic carbocycles. The Hall–Kier alpha value is -1.20. The van der Waals surface area contributed by atoms with Gasteiger partial charge in [-0.05, 0) is 30.7 Å². The molecule has 16 heavy (non-hydrogen) atoms. The Bertz CT molecular complexity index is 513. The predicted octanol–water partition coefficient (Wildman–Crippen LogP) is 2.10. The highest BCUT2D eigenvalue weighted by molar-refractivity contribution is 7.08. The lowest BCUT2D eigenvalue weighted by atomic mass is 10.1. The zero-order valence-corrected chi connectivity index (χ0v) is 9.88. The molecule has 1 aliphatic carbocycles. The third-order valence-corrected chi connectivity index (χ3v) is 4.08.